The summed E-state index contributed by atoms with van der Waals surface area (Å²) in [6, 6.07) is 5.81. The molecule has 1 amide bonds. The summed E-state index contributed by atoms with van der Waals surface area (Å²) in [7, 11) is 1.58. The second-order valence-electron chi connectivity index (χ2n) is 4.95. The Morgan fingerprint density at radius 1 is 1.39 bits per heavy atom. The van der Waals surface area contributed by atoms with E-state index in [0.717, 1.165) is 10.1 Å². The Kier molecular flexibility index (Phi) is 6.04. The number of hydrogen-bond acceptors (Lipinski definition) is 5. The van der Waals surface area contributed by atoms with Gasteiger partial charge in [0, 0.05) is 26.7 Å². The van der Waals surface area contributed by atoms with Crippen molar-refractivity contribution in [2.75, 3.05) is 20.3 Å². The highest BCUT2D eigenvalue weighted by molar-refractivity contribution is 5.75. The lowest BCUT2D eigenvalue weighted by atomic mass is 10.1. The number of carbonyl (C=O) groups excluding carboxylic acids is 1. The minimum atomic E-state index is -0.700. The maximum absolute atomic E-state index is 12.9. The molecule has 0 bridgehead atoms. The number of amides is 1. The molecule has 124 valence electrons. The van der Waals surface area contributed by atoms with Crippen LogP contribution in [0.4, 0.5) is 4.39 Å². The van der Waals surface area contributed by atoms with Crippen LogP contribution in [0, 0.1) is 5.82 Å². The van der Waals surface area contributed by atoms with Crippen molar-refractivity contribution in [3.8, 4) is 0 Å². The number of methoxy groups -OCH3 is 1. The first-order chi connectivity index (χ1) is 11.1. The van der Waals surface area contributed by atoms with E-state index in [1.807, 2.05) is 0 Å². The smallest absolute Gasteiger partial charge is 0.385 e. The van der Waals surface area contributed by atoms with E-state index < -0.39 is 5.76 Å². The molecule has 1 N–H and O–H groups in total. The summed E-state index contributed by atoms with van der Waals surface area (Å²) in [6.45, 7) is 0.829. The Morgan fingerprint density at radius 3 is 2.83 bits per heavy atom. The van der Waals surface area contributed by atoms with E-state index in [0.29, 0.717) is 25.4 Å². The molecule has 0 unspecified atom stereocenters. The topological polar surface area (TPSA) is 86.4 Å². The van der Waals surface area contributed by atoms with E-state index in [9.17, 15) is 14.0 Å². The van der Waals surface area contributed by atoms with Gasteiger partial charge in [0.1, 0.15) is 12.4 Å². The fraction of sp³-hybridized carbons (Fsp3) is 0.400. The van der Waals surface area contributed by atoms with Gasteiger partial charge in [-0.3, -0.25) is 13.9 Å². The van der Waals surface area contributed by atoms with Gasteiger partial charge in [-0.1, -0.05) is 17.3 Å². The van der Waals surface area contributed by atoms with Gasteiger partial charge in [-0.05, 0) is 24.1 Å². The molecule has 2 aromatic rings. The Balaban J connectivity index is 1.99. The molecule has 0 aliphatic carbocycles. The van der Waals surface area contributed by atoms with Gasteiger partial charge in [-0.25, -0.2) is 9.18 Å². The van der Waals surface area contributed by atoms with Gasteiger partial charge in [-0.2, -0.15) is 0 Å². The van der Waals surface area contributed by atoms with Gasteiger partial charge in [0.15, 0.2) is 5.82 Å². The van der Waals surface area contributed by atoms with Crippen molar-refractivity contribution in [2.45, 2.75) is 19.4 Å². The van der Waals surface area contributed by atoms with Gasteiger partial charge in [0.25, 0.3) is 0 Å². The van der Waals surface area contributed by atoms with E-state index in [2.05, 4.69) is 15.0 Å². The van der Waals surface area contributed by atoms with E-state index >= 15 is 0 Å². The molecule has 0 fully saturated rings. The molecule has 0 saturated carbocycles. The highest BCUT2D eigenvalue weighted by Gasteiger charge is 2.14. The summed E-state index contributed by atoms with van der Waals surface area (Å²) in [4.78, 5) is 23.5. The summed E-state index contributed by atoms with van der Waals surface area (Å²) in [5.74, 6) is -1.05. The predicted molar refractivity (Wildman–Crippen MR) is 79.5 cm³/mol. The van der Waals surface area contributed by atoms with Crippen LogP contribution >= 0.6 is 0 Å². The number of nitrogens with one attached hydrogen (secondary N) is 1. The Labute approximate surface area is 132 Å². The highest BCUT2D eigenvalue weighted by Crippen LogP contribution is 2.08. The summed E-state index contributed by atoms with van der Waals surface area (Å²) in [6.07, 6.45) is 0.951. The zero-order valence-corrected chi connectivity index (χ0v) is 12.8. The van der Waals surface area contributed by atoms with Gasteiger partial charge < -0.3 is 10.1 Å². The first kappa shape index (κ1) is 16.9. The Morgan fingerprint density at radius 2 is 2.13 bits per heavy atom. The Bertz CT molecular complexity index is 693. The van der Waals surface area contributed by atoms with Crippen molar-refractivity contribution in [1.82, 2.24) is 15.0 Å². The van der Waals surface area contributed by atoms with Crippen LogP contribution < -0.4 is 11.1 Å². The number of hydrogen-bond donors (Lipinski definition) is 1. The molecule has 1 aromatic heterocycles. The summed E-state index contributed by atoms with van der Waals surface area (Å²) >= 11 is 0. The van der Waals surface area contributed by atoms with Crippen LogP contribution in [0.3, 0.4) is 0 Å². The van der Waals surface area contributed by atoms with Gasteiger partial charge in [-0.15, -0.1) is 0 Å². The third kappa shape index (κ3) is 5.03. The van der Waals surface area contributed by atoms with Crippen molar-refractivity contribution >= 4 is 5.91 Å². The third-order valence-electron chi connectivity index (χ3n) is 3.19. The van der Waals surface area contributed by atoms with Crippen LogP contribution in [0.1, 0.15) is 17.8 Å². The van der Waals surface area contributed by atoms with Crippen molar-refractivity contribution in [3.63, 3.8) is 0 Å². The Hall–Kier alpha value is -2.48. The third-order valence-corrected chi connectivity index (χ3v) is 3.19. The minimum absolute atomic E-state index is 0.175. The fourth-order valence-electron chi connectivity index (χ4n) is 2.01. The van der Waals surface area contributed by atoms with Gasteiger partial charge in [0.05, 0.1) is 0 Å². The molecule has 0 atom stereocenters. The van der Waals surface area contributed by atoms with Crippen LogP contribution in [0.25, 0.3) is 0 Å². The normalized spacial score (nSPS) is 10.7. The van der Waals surface area contributed by atoms with Gasteiger partial charge in [0.2, 0.25) is 5.91 Å². The summed E-state index contributed by atoms with van der Waals surface area (Å²) in [5.41, 5.74) is 0.758. The van der Waals surface area contributed by atoms with Crippen molar-refractivity contribution in [1.29, 1.82) is 0 Å². The second kappa shape index (κ2) is 8.23. The standard InChI is InChI=1S/C15H18FN3O4/c1-22-8-2-7-17-14(20)10-19-13(18-23-15(19)21)9-11-3-5-12(16)6-4-11/h3-6H,2,7-10H2,1H3,(H,17,20). The number of nitrogens with zero attached hydrogens (tertiary/aromatic N) is 2. The number of rotatable bonds is 8. The van der Waals surface area contributed by atoms with E-state index in [1.54, 1.807) is 19.2 Å². The number of halogens is 1. The number of carbonyl (C=O) groups is 1. The van der Waals surface area contributed by atoms with Crippen molar-refractivity contribution in [3.05, 3.63) is 52.0 Å². The molecular weight excluding hydrogens is 305 g/mol. The maximum atomic E-state index is 12.9. The second-order valence-corrected chi connectivity index (χ2v) is 4.95. The molecule has 0 saturated heterocycles. The first-order valence-corrected chi connectivity index (χ1v) is 7.15. The van der Waals surface area contributed by atoms with E-state index in [-0.39, 0.29) is 24.7 Å². The molecule has 1 aromatic carbocycles. The lowest BCUT2D eigenvalue weighted by molar-refractivity contribution is -0.121. The fourth-order valence-corrected chi connectivity index (χ4v) is 2.01. The summed E-state index contributed by atoms with van der Waals surface area (Å²) < 4.78 is 23.6. The molecular formula is C15H18FN3O4. The molecule has 23 heavy (non-hydrogen) atoms. The molecule has 0 spiro atoms. The van der Waals surface area contributed by atoms with Crippen molar-refractivity contribution in [2.24, 2.45) is 0 Å². The molecule has 0 aliphatic rings. The molecule has 8 heteroatoms. The molecule has 1 heterocycles. The SMILES string of the molecule is COCCCNC(=O)Cn1c(Cc2ccc(F)cc2)noc1=O. The van der Waals surface area contributed by atoms with Crippen LogP contribution in [0.5, 0.6) is 0 Å². The largest absolute Gasteiger partial charge is 0.442 e. The number of benzene rings is 1. The average molecular weight is 323 g/mol. The molecule has 0 aliphatic heterocycles. The minimum Gasteiger partial charge on any atom is -0.385 e. The lowest BCUT2D eigenvalue weighted by Crippen LogP contribution is -2.32. The maximum Gasteiger partial charge on any atom is 0.442 e. The lowest BCUT2D eigenvalue weighted by Gasteiger charge is -2.06. The summed E-state index contributed by atoms with van der Waals surface area (Å²) in [5, 5.41) is 6.36. The van der Waals surface area contributed by atoms with Crippen LogP contribution in [0.15, 0.2) is 33.6 Å². The molecule has 7 nitrogen and oxygen atoms in total. The van der Waals surface area contributed by atoms with Crippen molar-refractivity contribution < 1.29 is 18.4 Å². The quantitative estimate of drug-likeness (QED) is 0.723. The zero-order valence-electron chi connectivity index (χ0n) is 12.8. The first-order valence-electron chi connectivity index (χ1n) is 7.15. The molecule has 2 rings (SSSR count). The van der Waals surface area contributed by atoms with E-state index in [1.165, 1.54) is 12.1 Å². The highest BCUT2D eigenvalue weighted by atomic mass is 19.1. The van der Waals surface area contributed by atoms with Crippen LogP contribution in [-0.4, -0.2) is 35.9 Å². The monoisotopic (exact) mass is 323 g/mol. The van der Waals surface area contributed by atoms with Gasteiger partial charge >= 0.3 is 5.76 Å². The number of aromatic nitrogens is 2. The molecule has 0 radical (unpaired) electrons. The predicted octanol–water partition coefficient (Wildman–Crippen LogP) is 0.719. The number of ether oxygens (including phenoxy) is 1. The average Bonchev–Trinajstić information content (AvgIpc) is 2.87. The van der Waals surface area contributed by atoms with E-state index in [4.69, 9.17) is 4.74 Å². The van der Waals surface area contributed by atoms with Crippen LogP contribution in [0.2, 0.25) is 0 Å². The van der Waals surface area contributed by atoms with Crippen LogP contribution in [-0.2, 0) is 22.5 Å². The zero-order chi connectivity index (χ0) is 16.7.